The number of benzene rings is 1. The number of amides is 1. The Labute approximate surface area is 113 Å². The predicted molar refractivity (Wildman–Crippen MR) is 73.3 cm³/mol. The number of nitrogen functional groups attached to an aromatic ring is 1. The van der Waals surface area contributed by atoms with E-state index in [4.69, 9.17) is 15.2 Å². The summed E-state index contributed by atoms with van der Waals surface area (Å²) in [7, 11) is 3.21. The predicted octanol–water partition coefficient (Wildman–Crippen LogP) is 1.57. The van der Waals surface area contributed by atoms with Crippen LogP contribution in [0.2, 0.25) is 0 Å². The number of nitrogens with one attached hydrogen (secondary N) is 1. The third kappa shape index (κ3) is 2.98. The molecule has 1 amide bonds. The van der Waals surface area contributed by atoms with Crippen LogP contribution in [0, 0.1) is 0 Å². The van der Waals surface area contributed by atoms with Crippen molar-refractivity contribution in [1.29, 1.82) is 0 Å². The Kier molecular flexibility index (Phi) is 4.27. The van der Waals surface area contributed by atoms with Crippen LogP contribution in [0.3, 0.4) is 0 Å². The van der Waals surface area contributed by atoms with Crippen LogP contribution in [-0.4, -0.2) is 32.3 Å². The van der Waals surface area contributed by atoms with Gasteiger partial charge in [0.25, 0.3) is 5.91 Å². The Hall–Kier alpha value is -1.75. The summed E-state index contributed by atoms with van der Waals surface area (Å²) < 4.78 is 10.6. The summed E-state index contributed by atoms with van der Waals surface area (Å²) in [6.07, 6.45) is 3.08. The molecule has 0 radical (unpaired) electrons. The number of carbonyl (C=O) groups excluding carboxylic acids is 1. The van der Waals surface area contributed by atoms with E-state index in [1.165, 1.54) is 7.11 Å². The van der Waals surface area contributed by atoms with Crippen LogP contribution < -0.4 is 15.8 Å². The van der Waals surface area contributed by atoms with Gasteiger partial charge in [-0.15, -0.1) is 0 Å². The molecule has 0 saturated heterocycles. The summed E-state index contributed by atoms with van der Waals surface area (Å²) in [5.74, 6) is 0.358. The van der Waals surface area contributed by atoms with Crippen molar-refractivity contribution in [2.24, 2.45) is 0 Å². The first-order valence-electron chi connectivity index (χ1n) is 6.43. The maximum Gasteiger partial charge on any atom is 0.255 e. The van der Waals surface area contributed by atoms with Gasteiger partial charge in [-0.3, -0.25) is 4.79 Å². The largest absolute Gasteiger partial charge is 0.496 e. The van der Waals surface area contributed by atoms with Crippen molar-refractivity contribution in [3.63, 3.8) is 0 Å². The summed E-state index contributed by atoms with van der Waals surface area (Å²) >= 11 is 0. The van der Waals surface area contributed by atoms with Gasteiger partial charge in [0.15, 0.2) is 0 Å². The quantitative estimate of drug-likeness (QED) is 0.810. The molecule has 5 nitrogen and oxygen atoms in total. The molecule has 1 aliphatic rings. The van der Waals surface area contributed by atoms with Crippen molar-refractivity contribution in [2.75, 3.05) is 20.0 Å². The Balaban J connectivity index is 2.13. The molecule has 104 valence electrons. The molecule has 1 fully saturated rings. The van der Waals surface area contributed by atoms with Gasteiger partial charge < -0.3 is 20.5 Å². The van der Waals surface area contributed by atoms with Gasteiger partial charge in [-0.05, 0) is 37.5 Å². The third-order valence-corrected chi connectivity index (χ3v) is 3.54. The van der Waals surface area contributed by atoms with Crippen LogP contribution in [0.15, 0.2) is 18.2 Å². The van der Waals surface area contributed by atoms with Crippen molar-refractivity contribution in [3.05, 3.63) is 23.8 Å². The number of ether oxygens (including phenoxy) is 2. The van der Waals surface area contributed by atoms with Gasteiger partial charge in [0.05, 0.1) is 24.8 Å². The number of anilines is 1. The summed E-state index contributed by atoms with van der Waals surface area (Å²) in [4.78, 5) is 12.3. The van der Waals surface area contributed by atoms with E-state index < -0.39 is 0 Å². The van der Waals surface area contributed by atoms with Crippen LogP contribution in [0.4, 0.5) is 5.69 Å². The summed E-state index contributed by atoms with van der Waals surface area (Å²) in [6, 6.07) is 5.10. The number of hydrogen-bond donors (Lipinski definition) is 2. The highest BCUT2D eigenvalue weighted by Crippen LogP contribution is 2.24. The van der Waals surface area contributed by atoms with E-state index in [1.54, 1.807) is 25.3 Å². The van der Waals surface area contributed by atoms with E-state index in [2.05, 4.69) is 5.32 Å². The molecule has 1 aromatic carbocycles. The van der Waals surface area contributed by atoms with Crippen LogP contribution in [-0.2, 0) is 4.74 Å². The zero-order valence-electron chi connectivity index (χ0n) is 11.3. The molecule has 0 bridgehead atoms. The molecule has 0 aromatic heterocycles. The van der Waals surface area contributed by atoms with Gasteiger partial charge in [0, 0.05) is 12.8 Å². The summed E-state index contributed by atoms with van der Waals surface area (Å²) in [5.41, 5.74) is 6.73. The minimum absolute atomic E-state index is 0.0589. The second-order valence-corrected chi connectivity index (χ2v) is 4.74. The molecule has 2 rings (SSSR count). The number of hydrogen-bond acceptors (Lipinski definition) is 4. The fourth-order valence-corrected chi connectivity index (χ4v) is 2.52. The minimum atomic E-state index is -0.168. The zero-order chi connectivity index (χ0) is 13.8. The first kappa shape index (κ1) is 13.7. The fourth-order valence-electron chi connectivity index (χ4n) is 2.52. The standard InChI is InChI=1S/C14H20N2O3/c1-18-12-7-6-9(15)8-10(12)14(17)16-11-4-3-5-13(11)19-2/h6-8,11,13H,3-5,15H2,1-2H3,(H,16,17). The normalized spacial score (nSPS) is 22.2. The Morgan fingerprint density at radius 3 is 2.84 bits per heavy atom. The average molecular weight is 264 g/mol. The molecule has 0 spiro atoms. The van der Waals surface area contributed by atoms with E-state index in [0.29, 0.717) is 17.0 Å². The highest BCUT2D eigenvalue weighted by Gasteiger charge is 2.29. The molecule has 5 heteroatoms. The lowest BCUT2D eigenvalue weighted by Gasteiger charge is -2.20. The Morgan fingerprint density at radius 2 is 2.16 bits per heavy atom. The number of methoxy groups -OCH3 is 2. The second kappa shape index (κ2) is 5.93. The fraction of sp³-hybridized carbons (Fsp3) is 0.500. The Morgan fingerprint density at radius 1 is 1.37 bits per heavy atom. The zero-order valence-corrected chi connectivity index (χ0v) is 11.3. The highest BCUT2D eigenvalue weighted by molar-refractivity contribution is 5.98. The molecule has 2 atom stereocenters. The second-order valence-electron chi connectivity index (χ2n) is 4.74. The van der Waals surface area contributed by atoms with Gasteiger partial charge >= 0.3 is 0 Å². The van der Waals surface area contributed by atoms with E-state index >= 15 is 0 Å². The van der Waals surface area contributed by atoms with Crippen LogP contribution in [0.1, 0.15) is 29.6 Å². The molecule has 1 aliphatic carbocycles. The molecular formula is C14H20N2O3. The minimum Gasteiger partial charge on any atom is -0.496 e. The topological polar surface area (TPSA) is 73.6 Å². The van der Waals surface area contributed by atoms with Crippen molar-refractivity contribution >= 4 is 11.6 Å². The molecule has 1 aromatic rings. The van der Waals surface area contributed by atoms with Crippen molar-refractivity contribution in [1.82, 2.24) is 5.32 Å². The smallest absolute Gasteiger partial charge is 0.255 e. The van der Waals surface area contributed by atoms with E-state index in [0.717, 1.165) is 19.3 Å². The average Bonchev–Trinajstić information content (AvgIpc) is 2.85. The van der Waals surface area contributed by atoms with Gasteiger partial charge in [0.2, 0.25) is 0 Å². The first-order chi connectivity index (χ1) is 9.15. The number of carbonyl (C=O) groups is 1. The summed E-state index contributed by atoms with van der Waals surface area (Å²) in [6.45, 7) is 0. The van der Waals surface area contributed by atoms with Gasteiger partial charge in [-0.25, -0.2) is 0 Å². The van der Waals surface area contributed by atoms with Crippen LogP contribution in [0.5, 0.6) is 5.75 Å². The van der Waals surface area contributed by atoms with Crippen molar-refractivity contribution in [3.8, 4) is 5.75 Å². The molecule has 1 saturated carbocycles. The van der Waals surface area contributed by atoms with Gasteiger partial charge in [0.1, 0.15) is 5.75 Å². The van der Waals surface area contributed by atoms with Gasteiger partial charge in [-0.2, -0.15) is 0 Å². The maximum absolute atomic E-state index is 12.3. The SMILES string of the molecule is COc1ccc(N)cc1C(=O)NC1CCCC1OC. The lowest BCUT2D eigenvalue weighted by Crippen LogP contribution is -2.40. The number of rotatable bonds is 4. The lowest BCUT2D eigenvalue weighted by molar-refractivity contribution is 0.0720. The van der Waals surface area contributed by atoms with Crippen LogP contribution >= 0.6 is 0 Å². The van der Waals surface area contributed by atoms with Crippen molar-refractivity contribution < 1.29 is 14.3 Å². The maximum atomic E-state index is 12.3. The van der Waals surface area contributed by atoms with Crippen molar-refractivity contribution in [2.45, 2.75) is 31.4 Å². The summed E-state index contributed by atoms with van der Waals surface area (Å²) in [5, 5.41) is 3.00. The lowest BCUT2D eigenvalue weighted by atomic mass is 10.1. The Bertz CT molecular complexity index is 462. The van der Waals surface area contributed by atoms with Crippen LogP contribution in [0.25, 0.3) is 0 Å². The molecule has 3 N–H and O–H groups in total. The van der Waals surface area contributed by atoms with E-state index in [9.17, 15) is 4.79 Å². The molecular weight excluding hydrogens is 244 g/mol. The van der Waals surface area contributed by atoms with E-state index in [-0.39, 0.29) is 18.1 Å². The van der Waals surface area contributed by atoms with Gasteiger partial charge in [-0.1, -0.05) is 0 Å². The molecule has 19 heavy (non-hydrogen) atoms. The highest BCUT2D eigenvalue weighted by atomic mass is 16.5. The number of nitrogens with two attached hydrogens (primary N) is 1. The molecule has 0 heterocycles. The monoisotopic (exact) mass is 264 g/mol. The first-order valence-corrected chi connectivity index (χ1v) is 6.43. The molecule has 2 unspecified atom stereocenters. The van der Waals surface area contributed by atoms with E-state index in [1.807, 2.05) is 0 Å². The third-order valence-electron chi connectivity index (χ3n) is 3.54. The molecule has 0 aliphatic heterocycles.